The summed E-state index contributed by atoms with van der Waals surface area (Å²) in [6, 6.07) is 10.1. The molecule has 7 heteroatoms. The summed E-state index contributed by atoms with van der Waals surface area (Å²) in [5.74, 6) is 1.30. The third-order valence-corrected chi connectivity index (χ3v) is 3.45. The van der Waals surface area contributed by atoms with Crippen molar-refractivity contribution in [2.75, 3.05) is 0 Å². The molecule has 0 saturated heterocycles. The molecule has 2 aromatic heterocycles. The Morgan fingerprint density at radius 1 is 1.15 bits per heavy atom. The van der Waals surface area contributed by atoms with Gasteiger partial charge in [-0.2, -0.15) is 13.9 Å². The molecule has 0 bridgehead atoms. The molecule has 0 aliphatic heterocycles. The normalized spacial score (nSPS) is 10.9. The largest absolute Gasteiger partial charge is 0.435 e. The molecule has 0 saturated carbocycles. The second-order valence-electron chi connectivity index (χ2n) is 3.89. The molecule has 102 valence electrons. The van der Waals surface area contributed by atoms with Crippen molar-refractivity contribution in [2.24, 2.45) is 0 Å². The quantitative estimate of drug-likeness (QED) is 0.796. The van der Waals surface area contributed by atoms with Gasteiger partial charge in [0.25, 0.3) is 0 Å². The Morgan fingerprint density at radius 3 is 2.60 bits per heavy atom. The van der Waals surface area contributed by atoms with E-state index in [4.69, 9.17) is 0 Å². The highest BCUT2D eigenvalue weighted by Crippen LogP contribution is 2.25. The van der Waals surface area contributed by atoms with Gasteiger partial charge in [-0.15, -0.1) is 11.3 Å². The van der Waals surface area contributed by atoms with E-state index in [1.54, 1.807) is 23.5 Å². The van der Waals surface area contributed by atoms with Crippen LogP contribution in [0.5, 0.6) is 5.75 Å². The minimum atomic E-state index is -2.82. The van der Waals surface area contributed by atoms with Crippen molar-refractivity contribution in [3.8, 4) is 27.8 Å². The summed E-state index contributed by atoms with van der Waals surface area (Å²) in [7, 11) is 0. The summed E-state index contributed by atoms with van der Waals surface area (Å²) >= 11 is 1.56. The number of H-pyrrole nitrogens is 1. The number of benzene rings is 1. The molecule has 0 fully saturated rings. The molecule has 1 N–H and O–H groups in total. The van der Waals surface area contributed by atoms with E-state index in [1.165, 1.54) is 12.1 Å². The molecule has 0 amide bonds. The summed E-state index contributed by atoms with van der Waals surface area (Å²) in [6.45, 7) is -2.82. The molecule has 0 radical (unpaired) electrons. The van der Waals surface area contributed by atoms with Crippen LogP contribution in [0.2, 0.25) is 0 Å². The third-order valence-electron chi connectivity index (χ3n) is 2.58. The van der Waals surface area contributed by atoms with Crippen LogP contribution in [0.1, 0.15) is 0 Å². The van der Waals surface area contributed by atoms with E-state index in [0.29, 0.717) is 11.6 Å². The van der Waals surface area contributed by atoms with Gasteiger partial charge in [-0.05, 0) is 35.7 Å². The van der Waals surface area contributed by atoms with Gasteiger partial charge in [0, 0.05) is 5.56 Å². The number of aromatic amines is 1. The Kier molecular flexibility index (Phi) is 3.42. The molecular weight excluding hydrogens is 284 g/mol. The van der Waals surface area contributed by atoms with Crippen molar-refractivity contribution in [1.29, 1.82) is 0 Å². The molecule has 0 spiro atoms. The van der Waals surface area contributed by atoms with E-state index in [0.717, 1.165) is 10.4 Å². The SMILES string of the molecule is FC(F)Oc1ccc(-c2n[nH]c(-c3cccs3)n2)cc1. The molecule has 20 heavy (non-hydrogen) atoms. The van der Waals surface area contributed by atoms with Gasteiger partial charge in [-0.3, -0.25) is 5.10 Å². The Morgan fingerprint density at radius 2 is 1.95 bits per heavy atom. The predicted molar refractivity (Wildman–Crippen MR) is 71.8 cm³/mol. The molecule has 0 atom stereocenters. The zero-order valence-electron chi connectivity index (χ0n) is 10.1. The highest BCUT2D eigenvalue weighted by molar-refractivity contribution is 7.13. The second kappa shape index (κ2) is 5.38. The number of hydrogen-bond donors (Lipinski definition) is 1. The molecule has 4 nitrogen and oxygen atoms in total. The van der Waals surface area contributed by atoms with E-state index >= 15 is 0 Å². The van der Waals surface area contributed by atoms with Crippen molar-refractivity contribution in [1.82, 2.24) is 15.2 Å². The topological polar surface area (TPSA) is 50.8 Å². The van der Waals surface area contributed by atoms with Gasteiger partial charge in [0.2, 0.25) is 0 Å². The maximum absolute atomic E-state index is 12.1. The van der Waals surface area contributed by atoms with Gasteiger partial charge in [-0.25, -0.2) is 4.98 Å². The molecule has 3 rings (SSSR count). The van der Waals surface area contributed by atoms with Crippen molar-refractivity contribution in [3.63, 3.8) is 0 Å². The number of nitrogens with zero attached hydrogens (tertiary/aromatic N) is 2. The van der Waals surface area contributed by atoms with Gasteiger partial charge < -0.3 is 4.74 Å². The molecule has 0 aliphatic rings. The van der Waals surface area contributed by atoms with Crippen LogP contribution in [0.4, 0.5) is 8.78 Å². The van der Waals surface area contributed by atoms with Crippen LogP contribution in [0.25, 0.3) is 22.1 Å². The molecule has 0 aliphatic carbocycles. The number of hydrogen-bond acceptors (Lipinski definition) is 4. The van der Waals surface area contributed by atoms with Crippen LogP contribution in [0.15, 0.2) is 41.8 Å². The lowest BCUT2D eigenvalue weighted by atomic mass is 10.2. The van der Waals surface area contributed by atoms with Crippen LogP contribution in [0.3, 0.4) is 0 Å². The van der Waals surface area contributed by atoms with Gasteiger partial charge in [0.05, 0.1) is 4.88 Å². The van der Waals surface area contributed by atoms with Gasteiger partial charge >= 0.3 is 6.61 Å². The fraction of sp³-hybridized carbons (Fsp3) is 0.0769. The minimum absolute atomic E-state index is 0.109. The predicted octanol–water partition coefficient (Wildman–Crippen LogP) is 3.80. The molecule has 0 unspecified atom stereocenters. The van der Waals surface area contributed by atoms with Crippen LogP contribution < -0.4 is 4.74 Å². The maximum Gasteiger partial charge on any atom is 0.387 e. The summed E-state index contributed by atoms with van der Waals surface area (Å²) in [5, 5.41) is 8.92. The Bertz CT molecular complexity index is 680. The van der Waals surface area contributed by atoms with Crippen molar-refractivity contribution in [2.45, 2.75) is 6.61 Å². The zero-order valence-corrected chi connectivity index (χ0v) is 10.9. The Labute approximate surface area is 117 Å². The van der Waals surface area contributed by atoms with Crippen LogP contribution in [-0.2, 0) is 0 Å². The Hall–Kier alpha value is -2.28. The third kappa shape index (κ3) is 2.67. The average Bonchev–Trinajstić information content (AvgIpc) is 3.10. The van der Waals surface area contributed by atoms with E-state index in [-0.39, 0.29) is 5.75 Å². The van der Waals surface area contributed by atoms with Crippen LogP contribution in [0, 0.1) is 0 Å². The van der Waals surface area contributed by atoms with Crippen molar-refractivity contribution in [3.05, 3.63) is 41.8 Å². The lowest BCUT2D eigenvalue weighted by Crippen LogP contribution is -2.01. The number of halogens is 2. The average molecular weight is 293 g/mol. The minimum Gasteiger partial charge on any atom is -0.435 e. The monoisotopic (exact) mass is 293 g/mol. The molecule has 3 aromatic rings. The fourth-order valence-electron chi connectivity index (χ4n) is 1.70. The van der Waals surface area contributed by atoms with E-state index in [9.17, 15) is 8.78 Å². The maximum atomic E-state index is 12.1. The van der Waals surface area contributed by atoms with Crippen LogP contribution >= 0.6 is 11.3 Å². The number of ether oxygens (including phenoxy) is 1. The first-order chi connectivity index (χ1) is 9.72. The lowest BCUT2D eigenvalue weighted by molar-refractivity contribution is -0.0498. The Balaban J connectivity index is 1.83. The summed E-state index contributed by atoms with van der Waals surface area (Å²) < 4.78 is 28.4. The first-order valence-electron chi connectivity index (χ1n) is 5.74. The highest BCUT2D eigenvalue weighted by Gasteiger charge is 2.09. The molecule has 1 aromatic carbocycles. The van der Waals surface area contributed by atoms with Crippen molar-refractivity contribution >= 4 is 11.3 Å². The van der Waals surface area contributed by atoms with E-state index in [2.05, 4.69) is 19.9 Å². The van der Waals surface area contributed by atoms with E-state index in [1.807, 2.05) is 17.5 Å². The van der Waals surface area contributed by atoms with Gasteiger partial charge in [-0.1, -0.05) is 6.07 Å². The number of rotatable bonds is 4. The first-order valence-corrected chi connectivity index (χ1v) is 6.62. The highest BCUT2D eigenvalue weighted by atomic mass is 32.1. The standard InChI is InChI=1S/C13H9F2N3OS/c14-13(15)19-9-5-3-8(4-6-9)11-16-12(18-17-11)10-2-1-7-20-10/h1-7,13H,(H,16,17,18). The summed E-state index contributed by atoms with van der Waals surface area (Å²) in [4.78, 5) is 5.36. The van der Waals surface area contributed by atoms with Gasteiger partial charge in [0.15, 0.2) is 11.6 Å². The van der Waals surface area contributed by atoms with E-state index < -0.39 is 6.61 Å². The second-order valence-corrected chi connectivity index (χ2v) is 4.84. The lowest BCUT2D eigenvalue weighted by Gasteiger charge is -2.03. The molecular formula is C13H9F2N3OS. The smallest absolute Gasteiger partial charge is 0.387 e. The number of nitrogens with one attached hydrogen (secondary N) is 1. The van der Waals surface area contributed by atoms with Crippen molar-refractivity contribution < 1.29 is 13.5 Å². The number of aromatic nitrogens is 3. The van der Waals surface area contributed by atoms with Crippen LogP contribution in [-0.4, -0.2) is 21.8 Å². The zero-order chi connectivity index (χ0) is 13.9. The number of thiophene rings is 1. The summed E-state index contributed by atoms with van der Waals surface area (Å²) in [5.41, 5.74) is 0.727. The van der Waals surface area contributed by atoms with Gasteiger partial charge in [0.1, 0.15) is 5.75 Å². The fourth-order valence-corrected chi connectivity index (χ4v) is 2.36. The first kappa shape index (κ1) is 12.7. The molecule has 2 heterocycles. The summed E-state index contributed by atoms with van der Waals surface area (Å²) in [6.07, 6.45) is 0. The number of alkyl halides is 2.